The molecule has 0 fully saturated rings. The average molecular weight is 248 g/mol. The third kappa shape index (κ3) is 10.5. The summed E-state index contributed by atoms with van der Waals surface area (Å²) in [5.41, 5.74) is -0.483. The fraction of sp³-hybridized carbons (Fsp3) is 0.846. The maximum atomic E-state index is 9.01. The Morgan fingerprint density at radius 1 is 1.18 bits per heavy atom. The molecular weight excluding hydrogens is 220 g/mol. The van der Waals surface area contributed by atoms with Gasteiger partial charge in [-0.05, 0) is 12.8 Å². The molecule has 0 aromatic carbocycles. The third-order valence-electron chi connectivity index (χ3n) is 2.58. The molecule has 0 aromatic heterocycles. The minimum absolute atomic E-state index is 0.0445. The number of ether oxygens (including phenoxy) is 1. The summed E-state index contributed by atoms with van der Waals surface area (Å²) in [4.78, 5) is 0. The quantitative estimate of drug-likeness (QED) is 0.425. The highest BCUT2D eigenvalue weighted by atomic mass is 16.5. The van der Waals surface area contributed by atoms with E-state index in [1.54, 1.807) is 6.08 Å². The van der Waals surface area contributed by atoms with Crippen molar-refractivity contribution in [2.75, 3.05) is 33.0 Å². The SMILES string of the molecule is C=CCOCC(CC)(CO)CO.CCCCO. The first-order valence-electron chi connectivity index (χ1n) is 6.17. The zero-order valence-corrected chi connectivity index (χ0v) is 11.2. The normalized spacial score (nSPS) is 10.6. The first-order chi connectivity index (χ1) is 8.16. The molecule has 17 heavy (non-hydrogen) atoms. The van der Waals surface area contributed by atoms with Gasteiger partial charge in [0.1, 0.15) is 0 Å². The van der Waals surface area contributed by atoms with Crippen LogP contribution >= 0.6 is 0 Å². The Bertz CT molecular complexity index is 145. The summed E-state index contributed by atoms with van der Waals surface area (Å²) in [6, 6.07) is 0. The Labute approximate surface area is 105 Å². The van der Waals surface area contributed by atoms with E-state index >= 15 is 0 Å². The second-order valence-corrected chi connectivity index (χ2v) is 4.05. The molecule has 0 heterocycles. The van der Waals surface area contributed by atoms with E-state index in [4.69, 9.17) is 20.1 Å². The molecule has 0 atom stereocenters. The lowest BCUT2D eigenvalue weighted by Crippen LogP contribution is -2.34. The Morgan fingerprint density at radius 3 is 2.00 bits per heavy atom. The molecule has 0 aliphatic rings. The number of aliphatic hydroxyl groups excluding tert-OH is 3. The summed E-state index contributed by atoms with van der Waals surface area (Å²) in [6.07, 6.45) is 4.39. The van der Waals surface area contributed by atoms with Gasteiger partial charge < -0.3 is 20.1 Å². The second-order valence-electron chi connectivity index (χ2n) is 4.05. The molecule has 0 aliphatic carbocycles. The van der Waals surface area contributed by atoms with Crippen LogP contribution in [-0.2, 0) is 4.74 Å². The third-order valence-corrected chi connectivity index (χ3v) is 2.58. The van der Waals surface area contributed by atoms with Crippen LogP contribution in [0.25, 0.3) is 0 Å². The van der Waals surface area contributed by atoms with E-state index in [0.717, 1.165) is 12.8 Å². The van der Waals surface area contributed by atoms with Crippen LogP contribution in [0.5, 0.6) is 0 Å². The van der Waals surface area contributed by atoms with Gasteiger partial charge in [0.2, 0.25) is 0 Å². The predicted molar refractivity (Wildman–Crippen MR) is 69.9 cm³/mol. The molecule has 104 valence electrons. The molecule has 3 N–H and O–H groups in total. The van der Waals surface area contributed by atoms with Crippen molar-refractivity contribution in [3.63, 3.8) is 0 Å². The van der Waals surface area contributed by atoms with Crippen LogP contribution in [0, 0.1) is 5.41 Å². The van der Waals surface area contributed by atoms with Gasteiger partial charge in [-0.3, -0.25) is 0 Å². The van der Waals surface area contributed by atoms with E-state index < -0.39 is 5.41 Å². The van der Waals surface area contributed by atoms with Crippen LogP contribution in [-0.4, -0.2) is 48.4 Å². The summed E-state index contributed by atoms with van der Waals surface area (Å²) in [7, 11) is 0. The number of hydrogen-bond acceptors (Lipinski definition) is 4. The number of aliphatic hydroxyl groups is 3. The Balaban J connectivity index is 0. The van der Waals surface area contributed by atoms with E-state index in [9.17, 15) is 0 Å². The molecule has 0 saturated carbocycles. The van der Waals surface area contributed by atoms with Gasteiger partial charge in [-0.15, -0.1) is 6.58 Å². The van der Waals surface area contributed by atoms with Crippen molar-refractivity contribution in [3.8, 4) is 0 Å². The van der Waals surface area contributed by atoms with Crippen molar-refractivity contribution in [2.24, 2.45) is 5.41 Å². The van der Waals surface area contributed by atoms with Gasteiger partial charge in [0.05, 0.1) is 26.4 Å². The Hall–Kier alpha value is -0.420. The number of rotatable bonds is 9. The highest BCUT2D eigenvalue weighted by molar-refractivity contribution is 4.76. The smallest absolute Gasteiger partial charge is 0.0645 e. The van der Waals surface area contributed by atoms with Gasteiger partial charge in [-0.2, -0.15) is 0 Å². The molecule has 0 bridgehead atoms. The van der Waals surface area contributed by atoms with Gasteiger partial charge >= 0.3 is 0 Å². The van der Waals surface area contributed by atoms with Crippen molar-refractivity contribution in [2.45, 2.75) is 33.1 Å². The molecule has 0 unspecified atom stereocenters. The number of unbranched alkanes of at least 4 members (excludes halogenated alkanes) is 1. The van der Waals surface area contributed by atoms with E-state index in [-0.39, 0.29) is 13.2 Å². The van der Waals surface area contributed by atoms with Crippen LogP contribution < -0.4 is 0 Å². The fourth-order valence-corrected chi connectivity index (χ4v) is 0.984. The van der Waals surface area contributed by atoms with Gasteiger partial charge in [-0.25, -0.2) is 0 Å². The first kappa shape index (κ1) is 18.9. The van der Waals surface area contributed by atoms with Gasteiger partial charge in [0.15, 0.2) is 0 Å². The van der Waals surface area contributed by atoms with E-state index in [2.05, 4.69) is 13.5 Å². The molecule has 0 saturated heterocycles. The molecule has 0 rings (SSSR count). The molecule has 0 spiro atoms. The monoisotopic (exact) mass is 248 g/mol. The second kappa shape index (κ2) is 13.6. The van der Waals surface area contributed by atoms with Crippen molar-refractivity contribution in [1.29, 1.82) is 0 Å². The highest BCUT2D eigenvalue weighted by Gasteiger charge is 2.26. The molecule has 4 nitrogen and oxygen atoms in total. The minimum atomic E-state index is -0.483. The summed E-state index contributed by atoms with van der Waals surface area (Å²) in [5, 5.41) is 26.1. The largest absolute Gasteiger partial charge is 0.396 e. The Morgan fingerprint density at radius 2 is 1.76 bits per heavy atom. The zero-order chi connectivity index (χ0) is 13.6. The van der Waals surface area contributed by atoms with Gasteiger partial charge in [0.25, 0.3) is 0 Å². The average Bonchev–Trinajstić information content (AvgIpc) is 2.37. The molecular formula is C13H28O4. The van der Waals surface area contributed by atoms with E-state index in [1.807, 2.05) is 6.92 Å². The Kier molecular flexibility index (Phi) is 15.2. The minimum Gasteiger partial charge on any atom is -0.396 e. The van der Waals surface area contributed by atoms with E-state index in [1.165, 1.54) is 0 Å². The maximum absolute atomic E-state index is 9.01. The topological polar surface area (TPSA) is 69.9 Å². The van der Waals surface area contributed by atoms with E-state index in [0.29, 0.717) is 26.2 Å². The van der Waals surface area contributed by atoms with Gasteiger partial charge in [0, 0.05) is 12.0 Å². The van der Waals surface area contributed by atoms with Crippen LogP contribution in [0.4, 0.5) is 0 Å². The summed E-state index contributed by atoms with van der Waals surface area (Å²) in [5.74, 6) is 0. The van der Waals surface area contributed by atoms with Crippen molar-refractivity contribution < 1.29 is 20.1 Å². The number of hydrogen-bond donors (Lipinski definition) is 3. The van der Waals surface area contributed by atoms with Gasteiger partial charge in [-0.1, -0.05) is 26.3 Å². The molecule has 0 radical (unpaired) electrons. The fourth-order valence-electron chi connectivity index (χ4n) is 0.984. The van der Waals surface area contributed by atoms with Crippen molar-refractivity contribution in [3.05, 3.63) is 12.7 Å². The lowest BCUT2D eigenvalue weighted by atomic mass is 9.88. The molecule has 0 aromatic rings. The summed E-state index contributed by atoms with van der Waals surface area (Å²) >= 11 is 0. The predicted octanol–water partition coefficient (Wildman–Crippen LogP) is 1.35. The van der Waals surface area contributed by atoms with Crippen LogP contribution in [0.15, 0.2) is 12.7 Å². The van der Waals surface area contributed by atoms with Crippen LogP contribution in [0.1, 0.15) is 33.1 Å². The summed E-state index contributed by atoms with van der Waals surface area (Å²) in [6.45, 7) is 8.57. The maximum Gasteiger partial charge on any atom is 0.0645 e. The van der Waals surface area contributed by atoms with Crippen molar-refractivity contribution in [1.82, 2.24) is 0 Å². The van der Waals surface area contributed by atoms with Crippen LogP contribution in [0.3, 0.4) is 0 Å². The summed E-state index contributed by atoms with van der Waals surface area (Å²) < 4.78 is 5.18. The highest BCUT2D eigenvalue weighted by Crippen LogP contribution is 2.20. The standard InChI is InChI=1S/C9H18O3.C4H10O/c1-3-5-12-8-9(4-2,6-10)7-11;1-2-3-4-5/h3,10-11H,1,4-8H2,2H3;5H,2-4H2,1H3. The lowest BCUT2D eigenvalue weighted by molar-refractivity contribution is -0.0227. The molecule has 0 amide bonds. The van der Waals surface area contributed by atoms with Crippen LogP contribution in [0.2, 0.25) is 0 Å². The molecule has 0 aliphatic heterocycles. The lowest BCUT2D eigenvalue weighted by Gasteiger charge is -2.27. The molecule has 4 heteroatoms. The van der Waals surface area contributed by atoms with Crippen molar-refractivity contribution >= 4 is 0 Å². The first-order valence-corrected chi connectivity index (χ1v) is 6.17. The zero-order valence-electron chi connectivity index (χ0n) is 11.2.